The molecule has 1 N–H and O–H groups in total. The summed E-state index contributed by atoms with van der Waals surface area (Å²) in [5.74, 6) is 0.561. The molecular weight excluding hydrogens is 228 g/mol. The average molecular weight is 239 g/mol. The van der Waals surface area contributed by atoms with Gasteiger partial charge in [0.2, 0.25) is 0 Å². The zero-order valence-electron chi connectivity index (χ0n) is 8.47. The molecule has 0 unspecified atom stereocenters. The molecule has 0 atom stereocenters. The van der Waals surface area contributed by atoms with E-state index in [4.69, 9.17) is 0 Å². The summed E-state index contributed by atoms with van der Waals surface area (Å²) in [6.07, 6.45) is 1.67. The van der Waals surface area contributed by atoms with Crippen LogP contribution in [0, 0.1) is 0 Å². The molecular formula is C11H11ClN2O2. The lowest BCUT2D eigenvalue weighted by Gasteiger charge is -2.00. The number of halogens is 1. The van der Waals surface area contributed by atoms with Gasteiger partial charge < -0.3 is 9.78 Å². The summed E-state index contributed by atoms with van der Waals surface area (Å²) < 4.78 is 0. The largest absolute Gasteiger partial charge is 0.310 e. The summed E-state index contributed by atoms with van der Waals surface area (Å²) in [6, 6.07) is 7.14. The lowest BCUT2D eigenvalue weighted by atomic mass is 10.2. The molecule has 0 saturated heterocycles. The molecule has 2 rings (SSSR count). The van der Waals surface area contributed by atoms with Gasteiger partial charge in [0.05, 0.1) is 10.9 Å². The standard InChI is InChI=1S/C11H10N2O2.ClH/c14-7-3-6-10-12-9-5-2-1-4-8(9)11(15)13-10;/h1-2,4-5,7H,3,6H2,(H,12,13,15);1H. The Balaban J connectivity index is 0.00000128. The van der Waals surface area contributed by atoms with Crippen molar-refractivity contribution >= 4 is 29.6 Å². The number of carbonyl (C=O) groups excluding carboxylic acids is 1. The van der Waals surface area contributed by atoms with Crippen molar-refractivity contribution in [1.29, 1.82) is 0 Å². The van der Waals surface area contributed by atoms with E-state index in [-0.39, 0.29) is 18.0 Å². The highest BCUT2D eigenvalue weighted by molar-refractivity contribution is 5.85. The number of fused-ring (bicyclic) bond motifs is 1. The van der Waals surface area contributed by atoms with Gasteiger partial charge in [0, 0.05) is 12.8 Å². The first-order valence-electron chi connectivity index (χ1n) is 4.73. The van der Waals surface area contributed by atoms with E-state index in [2.05, 4.69) is 9.97 Å². The number of aryl methyl sites for hydroxylation is 1. The lowest BCUT2D eigenvalue weighted by Crippen LogP contribution is -2.11. The average Bonchev–Trinajstić information content (AvgIpc) is 2.26. The zero-order valence-corrected chi connectivity index (χ0v) is 9.29. The van der Waals surface area contributed by atoms with Gasteiger partial charge in [-0.05, 0) is 12.1 Å². The van der Waals surface area contributed by atoms with Crippen molar-refractivity contribution in [2.45, 2.75) is 12.8 Å². The van der Waals surface area contributed by atoms with Gasteiger partial charge in [-0.1, -0.05) is 12.1 Å². The van der Waals surface area contributed by atoms with Crippen LogP contribution in [0.15, 0.2) is 29.1 Å². The number of aldehydes is 1. The van der Waals surface area contributed by atoms with Crippen molar-refractivity contribution in [3.05, 3.63) is 40.4 Å². The van der Waals surface area contributed by atoms with Gasteiger partial charge in [-0.15, -0.1) is 12.4 Å². The van der Waals surface area contributed by atoms with E-state index in [0.717, 1.165) is 6.29 Å². The number of aromatic amines is 1. The molecule has 0 aliphatic heterocycles. The number of hydrogen-bond acceptors (Lipinski definition) is 3. The van der Waals surface area contributed by atoms with Crippen LogP contribution in [-0.2, 0) is 11.2 Å². The van der Waals surface area contributed by atoms with E-state index in [1.807, 2.05) is 6.07 Å². The van der Waals surface area contributed by atoms with Crippen LogP contribution in [0.25, 0.3) is 10.9 Å². The van der Waals surface area contributed by atoms with Crippen LogP contribution in [0.2, 0.25) is 0 Å². The number of rotatable bonds is 3. The highest BCUT2D eigenvalue weighted by Gasteiger charge is 2.01. The van der Waals surface area contributed by atoms with Gasteiger partial charge in [-0.25, -0.2) is 4.98 Å². The third kappa shape index (κ3) is 2.46. The molecule has 16 heavy (non-hydrogen) atoms. The van der Waals surface area contributed by atoms with Gasteiger partial charge in [0.25, 0.3) is 5.56 Å². The fourth-order valence-electron chi connectivity index (χ4n) is 1.45. The first-order valence-corrected chi connectivity index (χ1v) is 4.73. The highest BCUT2D eigenvalue weighted by Crippen LogP contribution is 2.05. The molecule has 4 nitrogen and oxygen atoms in total. The quantitative estimate of drug-likeness (QED) is 0.824. The first-order chi connectivity index (χ1) is 7.31. The summed E-state index contributed by atoms with van der Waals surface area (Å²) in [7, 11) is 0. The van der Waals surface area contributed by atoms with Crippen LogP contribution in [0.5, 0.6) is 0 Å². The van der Waals surface area contributed by atoms with E-state index >= 15 is 0 Å². The van der Waals surface area contributed by atoms with Gasteiger partial charge >= 0.3 is 0 Å². The maximum absolute atomic E-state index is 11.6. The van der Waals surface area contributed by atoms with E-state index in [0.29, 0.717) is 29.6 Å². The molecule has 1 aromatic carbocycles. The summed E-state index contributed by atoms with van der Waals surface area (Å²) in [5.41, 5.74) is 0.517. The van der Waals surface area contributed by atoms with Crippen LogP contribution in [0.3, 0.4) is 0 Å². The van der Waals surface area contributed by atoms with E-state index in [1.54, 1.807) is 18.2 Å². The summed E-state index contributed by atoms with van der Waals surface area (Å²) in [6.45, 7) is 0. The molecule has 2 aromatic rings. The number of nitrogens with zero attached hydrogens (tertiary/aromatic N) is 1. The number of para-hydroxylation sites is 1. The minimum Gasteiger partial charge on any atom is -0.310 e. The molecule has 0 fully saturated rings. The van der Waals surface area contributed by atoms with Crippen LogP contribution >= 0.6 is 12.4 Å². The van der Waals surface area contributed by atoms with Crippen molar-refractivity contribution < 1.29 is 4.79 Å². The van der Waals surface area contributed by atoms with Gasteiger partial charge in [0.15, 0.2) is 0 Å². The summed E-state index contributed by atoms with van der Waals surface area (Å²) in [4.78, 5) is 28.7. The Hall–Kier alpha value is -1.68. The first kappa shape index (κ1) is 12.4. The molecule has 5 heteroatoms. The van der Waals surface area contributed by atoms with Crippen LogP contribution in [0.1, 0.15) is 12.2 Å². The maximum atomic E-state index is 11.6. The Morgan fingerprint density at radius 3 is 2.81 bits per heavy atom. The molecule has 0 aliphatic rings. The number of H-pyrrole nitrogens is 1. The second-order valence-corrected chi connectivity index (χ2v) is 3.24. The normalized spacial score (nSPS) is 9.75. The zero-order chi connectivity index (χ0) is 10.7. The Morgan fingerprint density at radius 1 is 1.31 bits per heavy atom. The Morgan fingerprint density at radius 2 is 2.06 bits per heavy atom. The minimum atomic E-state index is -0.151. The van der Waals surface area contributed by atoms with E-state index < -0.39 is 0 Å². The minimum absolute atomic E-state index is 0. The molecule has 0 radical (unpaired) electrons. The molecule has 0 spiro atoms. The topological polar surface area (TPSA) is 62.8 Å². The third-order valence-electron chi connectivity index (χ3n) is 2.16. The van der Waals surface area contributed by atoms with Crippen LogP contribution < -0.4 is 5.56 Å². The summed E-state index contributed by atoms with van der Waals surface area (Å²) in [5, 5.41) is 0.576. The van der Waals surface area contributed by atoms with Crippen molar-refractivity contribution in [3.63, 3.8) is 0 Å². The number of aromatic nitrogens is 2. The van der Waals surface area contributed by atoms with E-state index in [9.17, 15) is 9.59 Å². The SMILES string of the molecule is Cl.O=CCCc1nc2ccccc2c(=O)[nH]1. The number of benzene rings is 1. The fraction of sp³-hybridized carbons (Fsp3) is 0.182. The lowest BCUT2D eigenvalue weighted by molar-refractivity contribution is -0.107. The number of nitrogens with one attached hydrogen (secondary N) is 1. The third-order valence-corrected chi connectivity index (χ3v) is 2.16. The van der Waals surface area contributed by atoms with Crippen LogP contribution in [0.4, 0.5) is 0 Å². The predicted molar refractivity (Wildman–Crippen MR) is 64.0 cm³/mol. The second-order valence-electron chi connectivity index (χ2n) is 3.24. The van der Waals surface area contributed by atoms with Crippen LogP contribution in [-0.4, -0.2) is 16.3 Å². The monoisotopic (exact) mass is 238 g/mol. The molecule has 0 saturated carbocycles. The van der Waals surface area contributed by atoms with Crippen molar-refractivity contribution in [1.82, 2.24) is 9.97 Å². The Kier molecular flexibility index (Phi) is 4.19. The molecule has 0 amide bonds. The molecule has 0 bridgehead atoms. The van der Waals surface area contributed by atoms with Gasteiger partial charge in [0.1, 0.15) is 12.1 Å². The summed E-state index contributed by atoms with van der Waals surface area (Å²) >= 11 is 0. The maximum Gasteiger partial charge on any atom is 0.258 e. The molecule has 1 aromatic heterocycles. The number of hydrogen-bond donors (Lipinski definition) is 1. The predicted octanol–water partition coefficient (Wildman–Crippen LogP) is 1.48. The van der Waals surface area contributed by atoms with E-state index in [1.165, 1.54) is 0 Å². The Bertz CT molecular complexity index is 551. The number of carbonyl (C=O) groups is 1. The fourth-order valence-corrected chi connectivity index (χ4v) is 1.45. The molecule has 84 valence electrons. The van der Waals surface area contributed by atoms with Crippen molar-refractivity contribution in [3.8, 4) is 0 Å². The van der Waals surface area contributed by atoms with Crippen molar-refractivity contribution in [2.75, 3.05) is 0 Å². The highest BCUT2D eigenvalue weighted by atomic mass is 35.5. The van der Waals surface area contributed by atoms with Gasteiger partial charge in [-0.2, -0.15) is 0 Å². The van der Waals surface area contributed by atoms with Crippen molar-refractivity contribution in [2.24, 2.45) is 0 Å². The molecule has 0 aliphatic carbocycles. The smallest absolute Gasteiger partial charge is 0.258 e. The van der Waals surface area contributed by atoms with Gasteiger partial charge in [-0.3, -0.25) is 4.79 Å². The molecule has 1 heterocycles. The Labute approximate surface area is 98.1 Å². The second kappa shape index (κ2) is 5.42.